The molecule has 2 heterocycles. The Hall–Kier alpha value is -1.62. The zero-order chi connectivity index (χ0) is 13.0. The second-order valence-corrected chi connectivity index (χ2v) is 5.00. The molecular formula is C13H16N2O2S. The van der Waals surface area contributed by atoms with Gasteiger partial charge in [0.25, 0.3) is 0 Å². The number of ether oxygens (including phenoxy) is 1. The summed E-state index contributed by atoms with van der Waals surface area (Å²) in [5, 5.41) is 6.18. The van der Waals surface area contributed by atoms with Crippen molar-refractivity contribution in [2.45, 2.75) is 26.3 Å². The molecule has 2 rings (SSSR count). The molecule has 0 saturated carbocycles. The Labute approximate surface area is 110 Å². The van der Waals surface area contributed by atoms with E-state index in [4.69, 9.17) is 4.74 Å². The van der Waals surface area contributed by atoms with Crippen LogP contribution < -0.4 is 4.74 Å². The number of methoxy groups -OCH3 is 1. The molecule has 96 valence electrons. The van der Waals surface area contributed by atoms with Crippen LogP contribution in [0.15, 0.2) is 23.7 Å². The first-order chi connectivity index (χ1) is 8.76. The minimum absolute atomic E-state index is 0.0558. The lowest BCUT2D eigenvalue weighted by Gasteiger charge is -2.06. The number of hydrogen-bond donors (Lipinski definition) is 0. The van der Waals surface area contributed by atoms with E-state index in [1.54, 1.807) is 29.3 Å². The third-order valence-corrected chi connectivity index (χ3v) is 3.52. The summed E-state index contributed by atoms with van der Waals surface area (Å²) in [7, 11) is 1.56. The van der Waals surface area contributed by atoms with Crippen LogP contribution in [0, 0.1) is 0 Å². The van der Waals surface area contributed by atoms with E-state index in [9.17, 15) is 4.79 Å². The van der Waals surface area contributed by atoms with E-state index < -0.39 is 0 Å². The number of carbonyl (C=O) groups is 1. The molecule has 4 nitrogen and oxygen atoms in total. The lowest BCUT2D eigenvalue weighted by molar-refractivity contribution is 0.0980. The predicted molar refractivity (Wildman–Crippen MR) is 71.4 cm³/mol. The van der Waals surface area contributed by atoms with Crippen molar-refractivity contribution in [1.82, 2.24) is 9.78 Å². The molecule has 5 heteroatoms. The van der Waals surface area contributed by atoms with Crippen molar-refractivity contribution in [3.05, 3.63) is 34.3 Å². The zero-order valence-electron chi connectivity index (χ0n) is 10.5. The molecule has 0 aromatic carbocycles. The number of aromatic nitrogens is 2. The van der Waals surface area contributed by atoms with Gasteiger partial charge < -0.3 is 4.74 Å². The van der Waals surface area contributed by atoms with Crippen molar-refractivity contribution in [3.8, 4) is 5.75 Å². The molecule has 0 unspecified atom stereocenters. The normalized spacial score (nSPS) is 10.6. The van der Waals surface area contributed by atoms with Crippen LogP contribution in [0.25, 0.3) is 0 Å². The van der Waals surface area contributed by atoms with Gasteiger partial charge in [0.15, 0.2) is 11.5 Å². The molecule has 0 atom stereocenters. The molecule has 0 N–H and O–H groups in total. The molecule has 2 aromatic rings. The highest BCUT2D eigenvalue weighted by Gasteiger charge is 2.19. The molecule has 0 aliphatic carbocycles. The smallest absolute Gasteiger partial charge is 0.189 e. The molecule has 0 spiro atoms. The summed E-state index contributed by atoms with van der Waals surface area (Å²) in [6.45, 7) is 2.79. The minimum Gasteiger partial charge on any atom is -0.493 e. The number of ketones is 1. The number of Topliss-reactive ketones (excluding diaryl/α,β-unsaturated/α-hetero) is 1. The van der Waals surface area contributed by atoms with Gasteiger partial charge in [0.05, 0.1) is 13.3 Å². The fourth-order valence-electron chi connectivity index (χ4n) is 1.84. The van der Waals surface area contributed by atoms with Crippen molar-refractivity contribution in [3.63, 3.8) is 0 Å². The van der Waals surface area contributed by atoms with Gasteiger partial charge in [-0.3, -0.25) is 9.48 Å². The number of thiophene rings is 1. The summed E-state index contributed by atoms with van der Waals surface area (Å²) in [5.41, 5.74) is 0.577. The van der Waals surface area contributed by atoms with Crippen LogP contribution in [-0.2, 0) is 13.0 Å². The summed E-state index contributed by atoms with van der Waals surface area (Å²) in [6.07, 6.45) is 2.95. The molecular weight excluding hydrogens is 248 g/mol. The Morgan fingerprint density at radius 1 is 1.56 bits per heavy atom. The van der Waals surface area contributed by atoms with E-state index >= 15 is 0 Å². The lowest BCUT2D eigenvalue weighted by atomic mass is 10.2. The first kappa shape index (κ1) is 12.8. The number of hydrogen-bond acceptors (Lipinski definition) is 4. The lowest BCUT2D eigenvalue weighted by Crippen LogP contribution is -2.13. The van der Waals surface area contributed by atoms with Crippen molar-refractivity contribution in [1.29, 1.82) is 0 Å². The maximum Gasteiger partial charge on any atom is 0.189 e. The maximum atomic E-state index is 12.3. The van der Waals surface area contributed by atoms with Gasteiger partial charge in [0.2, 0.25) is 0 Å². The molecule has 0 aliphatic heterocycles. The molecule has 2 aromatic heterocycles. The Kier molecular flexibility index (Phi) is 4.15. The van der Waals surface area contributed by atoms with Crippen LogP contribution in [0.5, 0.6) is 5.75 Å². The van der Waals surface area contributed by atoms with E-state index in [1.807, 2.05) is 17.5 Å². The Bertz CT molecular complexity index is 517. The van der Waals surface area contributed by atoms with Crippen LogP contribution in [-0.4, -0.2) is 22.7 Å². The SMILES string of the molecule is CCCn1ncc(OC)c1C(=O)Cc1cccs1. The van der Waals surface area contributed by atoms with Crippen molar-refractivity contribution >= 4 is 17.1 Å². The van der Waals surface area contributed by atoms with Gasteiger partial charge in [-0.25, -0.2) is 0 Å². The Morgan fingerprint density at radius 2 is 2.39 bits per heavy atom. The molecule has 0 radical (unpaired) electrons. The van der Waals surface area contributed by atoms with Crippen LogP contribution in [0.2, 0.25) is 0 Å². The average molecular weight is 264 g/mol. The van der Waals surface area contributed by atoms with E-state index in [0.29, 0.717) is 17.9 Å². The largest absolute Gasteiger partial charge is 0.493 e. The summed E-state index contributed by atoms with van der Waals surface area (Å²) >= 11 is 1.59. The second-order valence-electron chi connectivity index (χ2n) is 3.96. The van der Waals surface area contributed by atoms with Crippen LogP contribution in [0.3, 0.4) is 0 Å². The van der Waals surface area contributed by atoms with Gasteiger partial charge >= 0.3 is 0 Å². The fraction of sp³-hybridized carbons (Fsp3) is 0.385. The fourth-order valence-corrected chi connectivity index (χ4v) is 2.54. The number of nitrogens with zero attached hydrogens (tertiary/aromatic N) is 2. The monoisotopic (exact) mass is 264 g/mol. The maximum absolute atomic E-state index is 12.3. The van der Waals surface area contributed by atoms with Crippen LogP contribution in [0.4, 0.5) is 0 Å². The van der Waals surface area contributed by atoms with Crippen molar-refractivity contribution in [2.75, 3.05) is 7.11 Å². The summed E-state index contributed by atoms with van der Waals surface area (Å²) in [4.78, 5) is 13.4. The van der Waals surface area contributed by atoms with E-state index in [2.05, 4.69) is 12.0 Å². The summed E-state index contributed by atoms with van der Waals surface area (Å²) in [6, 6.07) is 3.92. The first-order valence-corrected chi connectivity index (χ1v) is 6.79. The van der Waals surface area contributed by atoms with Gasteiger partial charge in [0, 0.05) is 17.8 Å². The molecule has 0 bridgehead atoms. The van der Waals surface area contributed by atoms with E-state index in [0.717, 1.165) is 17.8 Å². The number of carbonyl (C=O) groups excluding carboxylic acids is 1. The van der Waals surface area contributed by atoms with Gasteiger partial charge in [-0.1, -0.05) is 13.0 Å². The second kappa shape index (κ2) is 5.82. The molecule has 0 amide bonds. The van der Waals surface area contributed by atoms with Crippen molar-refractivity contribution < 1.29 is 9.53 Å². The quantitative estimate of drug-likeness (QED) is 0.754. The van der Waals surface area contributed by atoms with E-state index in [-0.39, 0.29) is 5.78 Å². The highest BCUT2D eigenvalue weighted by molar-refractivity contribution is 7.10. The Balaban J connectivity index is 2.24. The Morgan fingerprint density at radius 3 is 3.00 bits per heavy atom. The van der Waals surface area contributed by atoms with E-state index in [1.165, 1.54) is 0 Å². The van der Waals surface area contributed by atoms with Gasteiger partial charge in [-0.2, -0.15) is 5.10 Å². The highest BCUT2D eigenvalue weighted by Crippen LogP contribution is 2.21. The molecule has 0 fully saturated rings. The third kappa shape index (κ3) is 2.61. The summed E-state index contributed by atoms with van der Waals surface area (Å²) in [5.74, 6) is 0.616. The number of rotatable bonds is 6. The van der Waals surface area contributed by atoms with Crippen LogP contribution in [0.1, 0.15) is 28.7 Å². The van der Waals surface area contributed by atoms with Crippen molar-refractivity contribution in [2.24, 2.45) is 0 Å². The highest BCUT2D eigenvalue weighted by atomic mass is 32.1. The average Bonchev–Trinajstić information content (AvgIpc) is 2.98. The molecule has 0 saturated heterocycles. The van der Waals surface area contributed by atoms with Gasteiger partial charge in [0.1, 0.15) is 5.69 Å². The van der Waals surface area contributed by atoms with Gasteiger partial charge in [-0.05, 0) is 17.9 Å². The van der Waals surface area contributed by atoms with Gasteiger partial charge in [-0.15, -0.1) is 11.3 Å². The van der Waals surface area contributed by atoms with Crippen LogP contribution >= 0.6 is 11.3 Å². The predicted octanol–water partition coefficient (Wildman–Crippen LogP) is 2.79. The molecule has 18 heavy (non-hydrogen) atoms. The summed E-state index contributed by atoms with van der Waals surface area (Å²) < 4.78 is 6.94. The molecule has 0 aliphatic rings. The zero-order valence-corrected chi connectivity index (χ0v) is 11.4. The topological polar surface area (TPSA) is 44.1 Å². The standard InChI is InChI=1S/C13H16N2O2S/c1-3-6-15-13(12(17-2)9-14-15)11(16)8-10-5-4-7-18-10/h4-5,7,9H,3,6,8H2,1-2H3. The third-order valence-electron chi connectivity index (χ3n) is 2.64. The number of aryl methyl sites for hydroxylation is 1. The first-order valence-electron chi connectivity index (χ1n) is 5.91. The minimum atomic E-state index is 0.0558.